The molecule has 0 heterocycles. The van der Waals surface area contributed by atoms with E-state index in [4.69, 9.17) is 5.73 Å². The molecule has 0 unspecified atom stereocenters. The van der Waals surface area contributed by atoms with E-state index in [-0.39, 0.29) is 10.6 Å². The van der Waals surface area contributed by atoms with E-state index < -0.39 is 9.84 Å². The Morgan fingerprint density at radius 2 is 1.78 bits per heavy atom. The number of unbranched alkanes of at least 4 members (excludes halogenated alkanes) is 4. The largest absolute Gasteiger partial charge is 0.398 e. The number of nitrogen functional groups attached to an aromatic ring is 1. The van der Waals surface area contributed by atoms with Gasteiger partial charge in [-0.1, -0.05) is 38.7 Å². The van der Waals surface area contributed by atoms with Crippen molar-refractivity contribution in [1.29, 1.82) is 0 Å². The molecule has 1 rings (SSSR count). The monoisotopic (exact) mass is 269 g/mol. The van der Waals surface area contributed by atoms with Crippen LogP contribution in [0.3, 0.4) is 0 Å². The Labute approximate surface area is 110 Å². The summed E-state index contributed by atoms with van der Waals surface area (Å²) in [6.45, 7) is 4.04. The van der Waals surface area contributed by atoms with Crippen molar-refractivity contribution in [2.45, 2.75) is 50.8 Å². The van der Waals surface area contributed by atoms with Gasteiger partial charge < -0.3 is 5.73 Å². The number of anilines is 1. The lowest BCUT2D eigenvalue weighted by Gasteiger charge is -2.08. The van der Waals surface area contributed by atoms with Crippen LogP contribution >= 0.6 is 0 Å². The van der Waals surface area contributed by atoms with E-state index >= 15 is 0 Å². The Bertz CT molecular complexity index is 481. The molecular weight excluding hydrogens is 246 g/mol. The second-order valence-electron chi connectivity index (χ2n) is 4.77. The molecule has 0 spiro atoms. The standard InChI is InChI=1S/C14H23NO2S/c1-3-4-5-6-7-10-18(16,17)14-9-8-12(2)11-13(14)15/h8-9,11H,3-7,10,15H2,1-2H3. The molecule has 4 heteroatoms. The van der Waals surface area contributed by atoms with E-state index in [0.717, 1.165) is 31.2 Å². The minimum Gasteiger partial charge on any atom is -0.398 e. The van der Waals surface area contributed by atoms with E-state index in [1.54, 1.807) is 18.2 Å². The average Bonchev–Trinajstić information content (AvgIpc) is 2.28. The Morgan fingerprint density at radius 1 is 1.11 bits per heavy atom. The maximum absolute atomic E-state index is 12.1. The highest BCUT2D eigenvalue weighted by atomic mass is 32.2. The van der Waals surface area contributed by atoms with Crippen LogP contribution in [0.5, 0.6) is 0 Å². The van der Waals surface area contributed by atoms with Crippen LogP contribution in [-0.4, -0.2) is 14.2 Å². The average molecular weight is 269 g/mol. The van der Waals surface area contributed by atoms with Crippen molar-refractivity contribution in [2.24, 2.45) is 0 Å². The van der Waals surface area contributed by atoms with Gasteiger partial charge in [0.15, 0.2) is 9.84 Å². The third-order valence-electron chi connectivity index (χ3n) is 3.02. The molecule has 1 aromatic rings. The van der Waals surface area contributed by atoms with Crippen LogP contribution in [0.1, 0.15) is 44.6 Å². The quantitative estimate of drug-likeness (QED) is 0.610. The summed E-state index contributed by atoms with van der Waals surface area (Å²) in [7, 11) is -3.22. The van der Waals surface area contributed by atoms with Crippen molar-refractivity contribution in [1.82, 2.24) is 0 Å². The van der Waals surface area contributed by atoms with Gasteiger partial charge in [0, 0.05) is 0 Å². The molecule has 0 aliphatic heterocycles. The van der Waals surface area contributed by atoms with Gasteiger partial charge in [0.1, 0.15) is 0 Å². The topological polar surface area (TPSA) is 60.2 Å². The highest BCUT2D eigenvalue weighted by Gasteiger charge is 2.16. The van der Waals surface area contributed by atoms with E-state index in [1.807, 2.05) is 6.92 Å². The molecule has 0 aliphatic rings. The van der Waals surface area contributed by atoms with Gasteiger partial charge in [0.2, 0.25) is 0 Å². The molecular formula is C14H23NO2S. The summed E-state index contributed by atoms with van der Waals surface area (Å²) in [6.07, 6.45) is 5.13. The first-order chi connectivity index (χ1) is 8.47. The van der Waals surface area contributed by atoms with Gasteiger partial charge in [0.25, 0.3) is 0 Å². The molecule has 0 atom stereocenters. The number of benzene rings is 1. The second kappa shape index (κ2) is 6.78. The van der Waals surface area contributed by atoms with Gasteiger partial charge >= 0.3 is 0 Å². The predicted molar refractivity (Wildman–Crippen MR) is 76.4 cm³/mol. The molecule has 2 N–H and O–H groups in total. The third kappa shape index (κ3) is 4.33. The first kappa shape index (κ1) is 15.0. The minimum absolute atomic E-state index is 0.198. The summed E-state index contributed by atoms with van der Waals surface area (Å²) in [5.74, 6) is 0.198. The lowest BCUT2D eigenvalue weighted by atomic mass is 10.2. The normalized spacial score (nSPS) is 11.7. The number of hydrogen-bond donors (Lipinski definition) is 1. The Morgan fingerprint density at radius 3 is 2.39 bits per heavy atom. The Hall–Kier alpha value is -1.03. The zero-order valence-corrected chi connectivity index (χ0v) is 12.1. The molecule has 0 saturated heterocycles. The maximum atomic E-state index is 12.1. The molecule has 1 aromatic carbocycles. The van der Waals surface area contributed by atoms with Crippen molar-refractivity contribution < 1.29 is 8.42 Å². The van der Waals surface area contributed by atoms with Gasteiger partial charge in [-0.2, -0.15) is 0 Å². The first-order valence-electron chi connectivity index (χ1n) is 6.56. The number of hydrogen-bond acceptors (Lipinski definition) is 3. The van der Waals surface area contributed by atoms with E-state index in [9.17, 15) is 8.42 Å². The van der Waals surface area contributed by atoms with Crippen molar-refractivity contribution >= 4 is 15.5 Å². The van der Waals surface area contributed by atoms with Crippen molar-refractivity contribution in [3.63, 3.8) is 0 Å². The molecule has 0 aliphatic carbocycles. The summed E-state index contributed by atoms with van der Waals surface area (Å²) in [5.41, 5.74) is 7.13. The molecule has 0 saturated carbocycles. The van der Waals surface area contributed by atoms with E-state index in [1.165, 1.54) is 6.42 Å². The zero-order chi connectivity index (χ0) is 13.6. The fraction of sp³-hybridized carbons (Fsp3) is 0.571. The molecule has 18 heavy (non-hydrogen) atoms. The highest BCUT2D eigenvalue weighted by molar-refractivity contribution is 7.91. The van der Waals surface area contributed by atoms with Gasteiger partial charge in [-0.05, 0) is 31.0 Å². The van der Waals surface area contributed by atoms with Crippen LogP contribution in [0.2, 0.25) is 0 Å². The van der Waals surface area contributed by atoms with E-state index in [0.29, 0.717) is 5.69 Å². The molecule has 0 amide bonds. The molecule has 0 fully saturated rings. The third-order valence-corrected chi connectivity index (χ3v) is 4.89. The van der Waals surface area contributed by atoms with Gasteiger partial charge in [-0.15, -0.1) is 0 Å². The summed E-state index contributed by atoms with van der Waals surface area (Å²) < 4.78 is 24.2. The van der Waals surface area contributed by atoms with Crippen LogP contribution in [0.25, 0.3) is 0 Å². The fourth-order valence-corrected chi connectivity index (χ4v) is 3.45. The van der Waals surface area contributed by atoms with Crippen molar-refractivity contribution in [2.75, 3.05) is 11.5 Å². The predicted octanol–water partition coefficient (Wildman–Crippen LogP) is 3.32. The zero-order valence-electron chi connectivity index (χ0n) is 11.3. The molecule has 3 nitrogen and oxygen atoms in total. The first-order valence-corrected chi connectivity index (χ1v) is 8.21. The summed E-state index contributed by atoms with van der Waals surface area (Å²) >= 11 is 0. The summed E-state index contributed by atoms with van der Waals surface area (Å²) in [6, 6.07) is 5.12. The maximum Gasteiger partial charge on any atom is 0.180 e. The van der Waals surface area contributed by atoms with Crippen LogP contribution < -0.4 is 5.73 Å². The molecule has 0 bridgehead atoms. The second-order valence-corrected chi connectivity index (χ2v) is 6.85. The lowest BCUT2D eigenvalue weighted by Crippen LogP contribution is -2.09. The van der Waals surface area contributed by atoms with Gasteiger partial charge in [-0.3, -0.25) is 0 Å². The number of aryl methyl sites for hydroxylation is 1. The molecule has 0 radical (unpaired) electrons. The fourth-order valence-electron chi connectivity index (χ4n) is 1.96. The summed E-state index contributed by atoms with van der Waals surface area (Å²) in [5, 5.41) is 0. The van der Waals surface area contributed by atoms with Crippen LogP contribution in [0.15, 0.2) is 23.1 Å². The Kier molecular flexibility index (Phi) is 5.66. The lowest BCUT2D eigenvalue weighted by molar-refractivity contribution is 0.587. The Balaban J connectivity index is 2.63. The number of sulfone groups is 1. The van der Waals surface area contributed by atoms with Crippen molar-refractivity contribution in [3.8, 4) is 0 Å². The molecule has 0 aromatic heterocycles. The van der Waals surface area contributed by atoms with Crippen LogP contribution in [-0.2, 0) is 9.84 Å². The smallest absolute Gasteiger partial charge is 0.180 e. The van der Waals surface area contributed by atoms with E-state index in [2.05, 4.69) is 6.92 Å². The summed E-state index contributed by atoms with van der Waals surface area (Å²) in [4.78, 5) is 0.281. The highest BCUT2D eigenvalue weighted by Crippen LogP contribution is 2.21. The van der Waals surface area contributed by atoms with Gasteiger partial charge in [-0.25, -0.2) is 8.42 Å². The van der Waals surface area contributed by atoms with Crippen LogP contribution in [0, 0.1) is 6.92 Å². The number of nitrogens with two attached hydrogens (primary N) is 1. The SMILES string of the molecule is CCCCCCCS(=O)(=O)c1ccc(C)cc1N. The van der Waals surface area contributed by atoms with Crippen molar-refractivity contribution in [3.05, 3.63) is 23.8 Å². The minimum atomic E-state index is -3.22. The van der Waals surface area contributed by atoms with Crippen LogP contribution in [0.4, 0.5) is 5.69 Å². The van der Waals surface area contributed by atoms with Gasteiger partial charge in [0.05, 0.1) is 16.3 Å². The molecule has 102 valence electrons. The number of rotatable bonds is 7.